The lowest BCUT2D eigenvalue weighted by Gasteiger charge is -2.40. The molecule has 1 aromatic carbocycles. The number of nitrogens with one attached hydrogen (secondary N) is 5. The zero-order valence-corrected chi connectivity index (χ0v) is 20.5. The van der Waals surface area contributed by atoms with Gasteiger partial charge in [0.15, 0.2) is 5.96 Å². The summed E-state index contributed by atoms with van der Waals surface area (Å²) >= 11 is 0. The van der Waals surface area contributed by atoms with Gasteiger partial charge in [0.1, 0.15) is 6.29 Å². The van der Waals surface area contributed by atoms with Gasteiger partial charge in [0.25, 0.3) is 0 Å². The third-order valence-corrected chi connectivity index (χ3v) is 6.61. The van der Waals surface area contributed by atoms with E-state index in [1.54, 1.807) is 0 Å². The van der Waals surface area contributed by atoms with E-state index in [0.717, 1.165) is 75.2 Å². The molecule has 1 aromatic rings. The van der Waals surface area contributed by atoms with Crippen molar-refractivity contribution in [2.24, 2.45) is 5.92 Å². The first-order valence-corrected chi connectivity index (χ1v) is 12.7. The maximum absolute atomic E-state index is 12.2. The van der Waals surface area contributed by atoms with Crippen LogP contribution in [0.1, 0.15) is 89.2 Å². The van der Waals surface area contributed by atoms with Crippen molar-refractivity contribution in [2.75, 3.05) is 6.54 Å². The maximum atomic E-state index is 12.2. The lowest BCUT2D eigenvalue weighted by molar-refractivity contribution is -0.115. The van der Waals surface area contributed by atoms with Gasteiger partial charge in [-0.05, 0) is 42.7 Å². The largest absolute Gasteiger partial charge is 0.352 e. The average Bonchev–Trinajstić information content (AvgIpc) is 2.85. The van der Waals surface area contributed by atoms with Gasteiger partial charge in [0.05, 0.1) is 5.54 Å². The van der Waals surface area contributed by atoms with E-state index in [-0.39, 0.29) is 12.0 Å². The molecule has 0 heterocycles. The molecule has 2 rings (SSSR count). The monoisotopic (exact) mass is 457 g/mol. The van der Waals surface area contributed by atoms with Crippen LogP contribution in [0.3, 0.4) is 0 Å². The second-order valence-corrected chi connectivity index (χ2v) is 9.23. The fraction of sp³-hybridized carbons (Fsp3) is 0.654. The van der Waals surface area contributed by atoms with Crippen LogP contribution in [-0.4, -0.2) is 30.4 Å². The molecule has 184 valence electrons. The number of guanidine groups is 1. The summed E-state index contributed by atoms with van der Waals surface area (Å²) in [5, 5.41) is 20.6. The standard InChI is InChI=1S/C26H43N5O2/c1-3-5-16-26(20-32,23-10-8-7-9-11-23)31-24(27)29-18-21-12-14-22(15-13-21)19-30-25(33)28-17-6-4-2/h12-15,20,23H,3-11,16-19H2,1-2H3,(H3,27,29,31)(H2,28,30,33). The number of aldehydes is 1. The SMILES string of the molecule is CCCCNC(=O)NCc1ccc(CNC(=N)NC(C=O)(CCCC)C2CCCCC2)cc1. The highest BCUT2D eigenvalue weighted by Gasteiger charge is 2.39. The number of amides is 2. The molecule has 0 aliphatic heterocycles. The van der Waals surface area contributed by atoms with Crippen molar-refractivity contribution in [3.05, 3.63) is 35.4 Å². The van der Waals surface area contributed by atoms with E-state index in [9.17, 15) is 9.59 Å². The first kappa shape index (κ1) is 26.7. The smallest absolute Gasteiger partial charge is 0.315 e. The number of unbranched alkanes of at least 4 members (excludes halogenated alkanes) is 2. The Hall–Kier alpha value is -2.57. The zero-order chi connectivity index (χ0) is 23.9. The quantitative estimate of drug-likeness (QED) is 0.129. The van der Waals surface area contributed by atoms with Crippen LogP contribution in [0, 0.1) is 11.3 Å². The Morgan fingerprint density at radius 2 is 1.58 bits per heavy atom. The second-order valence-electron chi connectivity index (χ2n) is 9.23. The van der Waals surface area contributed by atoms with Crippen LogP contribution in [0.25, 0.3) is 0 Å². The van der Waals surface area contributed by atoms with Crippen molar-refractivity contribution in [2.45, 2.75) is 96.7 Å². The summed E-state index contributed by atoms with van der Waals surface area (Å²) in [5.74, 6) is 0.502. The summed E-state index contributed by atoms with van der Waals surface area (Å²) in [6.07, 6.45) is 11.5. The lowest BCUT2D eigenvalue weighted by atomic mass is 9.73. The first-order chi connectivity index (χ1) is 16.0. The fourth-order valence-electron chi connectivity index (χ4n) is 4.51. The van der Waals surface area contributed by atoms with Gasteiger partial charge in [-0.2, -0.15) is 0 Å². The van der Waals surface area contributed by atoms with Gasteiger partial charge in [-0.1, -0.05) is 76.6 Å². The summed E-state index contributed by atoms with van der Waals surface area (Å²) in [6, 6.07) is 7.82. The molecule has 7 heteroatoms. The van der Waals surface area contributed by atoms with Crippen LogP contribution in [0.4, 0.5) is 4.79 Å². The van der Waals surface area contributed by atoms with Gasteiger partial charge in [0.2, 0.25) is 0 Å². The molecule has 33 heavy (non-hydrogen) atoms. The topological polar surface area (TPSA) is 106 Å². The highest BCUT2D eigenvalue weighted by atomic mass is 16.2. The van der Waals surface area contributed by atoms with Gasteiger partial charge in [0, 0.05) is 19.6 Å². The number of rotatable bonds is 13. The molecule has 1 unspecified atom stereocenters. The van der Waals surface area contributed by atoms with E-state index in [1.165, 1.54) is 6.42 Å². The number of carbonyl (C=O) groups is 2. The van der Waals surface area contributed by atoms with Gasteiger partial charge < -0.3 is 26.1 Å². The molecule has 2 amide bonds. The number of urea groups is 1. The molecule has 7 nitrogen and oxygen atoms in total. The first-order valence-electron chi connectivity index (χ1n) is 12.7. The second kappa shape index (κ2) is 14.6. The van der Waals surface area contributed by atoms with Crippen molar-refractivity contribution in [3.63, 3.8) is 0 Å². The van der Waals surface area contributed by atoms with Crippen LogP contribution >= 0.6 is 0 Å². The predicted octanol–water partition coefficient (Wildman–Crippen LogP) is 4.61. The lowest BCUT2D eigenvalue weighted by Crippen LogP contribution is -2.58. The number of carbonyl (C=O) groups excluding carboxylic acids is 2. The van der Waals surface area contributed by atoms with Gasteiger partial charge in [-0.3, -0.25) is 5.41 Å². The van der Waals surface area contributed by atoms with Crippen LogP contribution in [-0.2, 0) is 17.9 Å². The molecule has 5 N–H and O–H groups in total. The Labute approximate surface area is 199 Å². The molecule has 1 saturated carbocycles. The van der Waals surface area contributed by atoms with Crippen molar-refractivity contribution < 1.29 is 9.59 Å². The number of hydrogen-bond donors (Lipinski definition) is 5. The van der Waals surface area contributed by atoms with Crippen molar-refractivity contribution in [3.8, 4) is 0 Å². The number of benzene rings is 1. The van der Waals surface area contributed by atoms with E-state index in [1.807, 2.05) is 24.3 Å². The minimum absolute atomic E-state index is 0.145. The molecule has 0 spiro atoms. The van der Waals surface area contributed by atoms with E-state index >= 15 is 0 Å². The Kier molecular flexibility index (Phi) is 11.8. The highest BCUT2D eigenvalue weighted by molar-refractivity contribution is 5.82. The van der Waals surface area contributed by atoms with Crippen LogP contribution in [0.15, 0.2) is 24.3 Å². The van der Waals surface area contributed by atoms with Crippen LogP contribution in [0.2, 0.25) is 0 Å². The fourth-order valence-corrected chi connectivity index (χ4v) is 4.51. The third-order valence-electron chi connectivity index (χ3n) is 6.61. The van der Waals surface area contributed by atoms with Gasteiger partial charge in [-0.25, -0.2) is 4.79 Å². The molecular formula is C26H43N5O2. The molecule has 0 aromatic heterocycles. The van der Waals surface area contributed by atoms with Gasteiger partial charge >= 0.3 is 6.03 Å². The normalized spacial score (nSPS) is 15.8. The summed E-state index contributed by atoms with van der Waals surface area (Å²) in [5.41, 5.74) is 1.42. The Bertz CT molecular complexity index is 731. The zero-order valence-electron chi connectivity index (χ0n) is 20.5. The molecule has 1 fully saturated rings. The molecule has 1 aliphatic rings. The molecular weight excluding hydrogens is 414 g/mol. The van der Waals surface area contributed by atoms with Crippen LogP contribution in [0.5, 0.6) is 0 Å². The minimum Gasteiger partial charge on any atom is -0.352 e. The Morgan fingerprint density at radius 3 is 2.15 bits per heavy atom. The van der Waals surface area contributed by atoms with Crippen molar-refractivity contribution in [1.82, 2.24) is 21.3 Å². The Morgan fingerprint density at radius 1 is 0.970 bits per heavy atom. The summed E-state index contributed by atoms with van der Waals surface area (Å²) < 4.78 is 0. The maximum Gasteiger partial charge on any atom is 0.315 e. The summed E-state index contributed by atoms with van der Waals surface area (Å²) in [6.45, 7) is 5.90. The molecule has 0 saturated heterocycles. The molecule has 1 aliphatic carbocycles. The average molecular weight is 458 g/mol. The highest BCUT2D eigenvalue weighted by Crippen LogP contribution is 2.34. The molecule has 1 atom stereocenters. The van der Waals surface area contributed by atoms with E-state index in [2.05, 4.69) is 35.1 Å². The molecule has 0 bridgehead atoms. The number of hydrogen-bond acceptors (Lipinski definition) is 3. The minimum atomic E-state index is -0.645. The van der Waals surface area contributed by atoms with E-state index in [0.29, 0.717) is 25.6 Å². The Balaban J connectivity index is 1.84. The third kappa shape index (κ3) is 9.06. The van der Waals surface area contributed by atoms with E-state index in [4.69, 9.17) is 5.41 Å². The van der Waals surface area contributed by atoms with Gasteiger partial charge in [-0.15, -0.1) is 0 Å². The van der Waals surface area contributed by atoms with Crippen LogP contribution < -0.4 is 21.3 Å². The van der Waals surface area contributed by atoms with Crippen molar-refractivity contribution >= 4 is 18.3 Å². The van der Waals surface area contributed by atoms with E-state index < -0.39 is 5.54 Å². The molecule has 0 radical (unpaired) electrons. The summed E-state index contributed by atoms with van der Waals surface area (Å²) in [7, 11) is 0. The predicted molar refractivity (Wildman–Crippen MR) is 134 cm³/mol. The summed E-state index contributed by atoms with van der Waals surface area (Å²) in [4.78, 5) is 24.0. The van der Waals surface area contributed by atoms with Crippen molar-refractivity contribution in [1.29, 1.82) is 5.41 Å².